The van der Waals surface area contributed by atoms with E-state index < -0.39 is 0 Å². The van der Waals surface area contributed by atoms with Crippen LogP contribution in [0.3, 0.4) is 0 Å². The number of carbonyl (C=O) groups is 2. The van der Waals surface area contributed by atoms with Crippen molar-refractivity contribution >= 4 is 11.8 Å². The van der Waals surface area contributed by atoms with Crippen LogP contribution >= 0.6 is 0 Å². The van der Waals surface area contributed by atoms with E-state index in [1.54, 1.807) is 24.3 Å². The number of halogens is 1. The Bertz CT molecular complexity index is 732. The second-order valence-corrected chi connectivity index (χ2v) is 6.87. The predicted octanol–water partition coefficient (Wildman–Crippen LogP) is 4.55. The zero-order chi connectivity index (χ0) is 20.2. The van der Waals surface area contributed by atoms with E-state index >= 15 is 0 Å². The first-order valence-electron chi connectivity index (χ1n) is 9.95. The van der Waals surface area contributed by atoms with E-state index in [0.29, 0.717) is 38.0 Å². The molecule has 2 aromatic rings. The summed E-state index contributed by atoms with van der Waals surface area (Å²) in [6.45, 7) is 3.76. The first-order chi connectivity index (χ1) is 13.6. The molecule has 4 nitrogen and oxygen atoms in total. The summed E-state index contributed by atoms with van der Waals surface area (Å²) in [5.74, 6) is -0.338. The number of hydrogen-bond acceptors (Lipinski definition) is 2. The van der Waals surface area contributed by atoms with Gasteiger partial charge in [0.05, 0.1) is 0 Å². The number of carbonyl (C=O) groups excluding carboxylic acids is 2. The maximum absolute atomic E-state index is 13.1. The molecule has 0 aromatic heterocycles. The predicted molar refractivity (Wildman–Crippen MR) is 109 cm³/mol. The third-order valence-corrected chi connectivity index (χ3v) is 4.56. The minimum Gasteiger partial charge on any atom is -0.352 e. The molecular weight excluding hydrogens is 355 g/mol. The van der Waals surface area contributed by atoms with Crippen LogP contribution in [0.1, 0.15) is 54.9 Å². The first kappa shape index (κ1) is 21.6. The molecule has 150 valence electrons. The molecule has 0 spiro atoms. The SMILES string of the molecule is CCCCCN(Cc1ccc(F)cc1)C(=O)CCCNC(=O)c1ccccc1. The maximum Gasteiger partial charge on any atom is 0.251 e. The number of benzene rings is 2. The number of nitrogens with one attached hydrogen (secondary N) is 1. The maximum atomic E-state index is 13.1. The van der Waals surface area contributed by atoms with E-state index in [2.05, 4.69) is 12.2 Å². The normalized spacial score (nSPS) is 10.5. The summed E-state index contributed by atoms with van der Waals surface area (Å²) < 4.78 is 13.1. The van der Waals surface area contributed by atoms with Crippen molar-refractivity contribution in [2.24, 2.45) is 0 Å². The van der Waals surface area contributed by atoms with Crippen LogP contribution < -0.4 is 5.32 Å². The Balaban J connectivity index is 1.81. The molecule has 2 amide bonds. The third kappa shape index (κ3) is 7.51. The van der Waals surface area contributed by atoms with Crippen LogP contribution in [-0.4, -0.2) is 29.8 Å². The van der Waals surface area contributed by atoms with Crippen LogP contribution in [0.4, 0.5) is 4.39 Å². The smallest absolute Gasteiger partial charge is 0.251 e. The third-order valence-electron chi connectivity index (χ3n) is 4.56. The van der Waals surface area contributed by atoms with Crippen molar-refractivity contribution in [1.29, 1.82) is 0 Å². The van der Waals surface area contributed by atoms with E-state index in [1.165, 1.54) is 12.1 Å². The number of nitrogens with zero attached hydrogens (tertiary/aromatic N) is 1. The largest absolute Gasteiger partial charge is 0.352 e. The number of unbranched alkanes of at least 4 members (excludes halogenated alkanes) is 2. The highest BCUT2D eigenvalue weighted by Gasteiger charge is 2.14. The molecule has 0 heterocycles. The van der Waals surface area contributed by atoms with Gasteiger partial charge in [0.2, 0.25) is 5.91 Å². The highest BCUT2D eigenvalue weighted by atomic mass is 19.1. The fourth-order valence-corrected chi connectivity index (χ4v) is 2.95. The van der Waals surface area contributed by atoms with Crippen LogP contribution in [0, 0.1) is 5.82 Å². The molecule has 0 bridgehead atoms. The monoisotopic (exact) mass is 384 g/mol. The van der Waals surface area contributed by atoms with Crippen LogP contribution in [-0.2, 0) is 11.3 Å². The lowest BCUT2D eigenvalue weighted by atomic mass is 10.1. The first-order valence-corrected chi connectivity index (χ1v) is 9.95. The zero-order valence-corrected chi connectivity index (χ0v) is 16.5. The summed E-state index contributed by atoms with van der Waals surface area (Å²) in [6.07, 6.45) is 4.08. The topological polar surface area (TPSA) is 49.4 Å². The van der Waals surface area contributed by atoms with Gasteiger partial charge >= 0.3 is 0 Å². The van der Waals surface area contributed by atoms with Crippen molar-refractivity contribution in [3.05, 3.63) is 71.5 Å². The fourth-order valence-electron chi connectivity index (χ4n) is 2.95. The van der Waals surface area contributed by atoms with E-state index in [1.807, 2.05) is 23.1 Å². The molecule has 2 aromatic carbocycles. The molecule has 28 heavy (non-hydrogen) atoms. The Hall–Kier alpha value is -2.69. The summed E-state index contributed by atoms with van der Waals surface area (Å²) in [4.78, 5) is 26.5. The molecule has 5 heteroatoms. The Morgan fingerprint density at radius 2 is 1.68 bits per heavy atom. The van der Waals surface area contributed by atoms with E-state index in [4.69, 9.17) is 0 Å². The lowest BCUT2D eigenvalue weighted by Gasteiger charge is -2.23. The molecule has 0 unspecified atom stereocenters. The molecular formula is C23H29FN2O2. The van der Waals surface area contributed by atoms with Crippen LogP contribution in [0.2, 0.25) is 0 Å². The van der Waals surface area contributed by atoms with Gasteiger partial charge in [-0.2, -0.15) is 0 Å². The summed E-state index contributed by atoms with van der Waals surface area (Å²) in [5, 5.41) is 2.85. The summed E-state index contributed by atoms with van der Waals surface area (Å²) >= 11 is 0. The van der Waals surface area contributed by atoms with Crippen molar-refractivity contribution in [1.82, 2.24) is 10.2 Å². The summed E-state index contributed by atoms with van der Waals surface area (Å²) in [5.41, 5.74) is 1.54. The second-order valence-electron chi connectivity index (χ2n) is 6.87. The second kappa shape index (κ2) is 11.9. The van der Waals surface area contributed by atoms with Gasteiger partial charge in [-0.05, 0) is 42.7 Å². The molecule has 0 atom stereocenters. The number of amides is 2. The standard InChI is InChI=1S/C23H29FN2O2/c1-2-3-7-17-26(18-19-12-14-21(24)15-13-19)22(27)11-8-16-25-23(28)20-9-5-4-6-10-20/h4-6,9-10,12-15H,2-3,7-8,11,16-18H2,1H3,(H,25,28). The van der Waals surface area contributed by atoms with Gasteiger partial charge in [-0.15, -0.1) is 0 Å². The van der Waals surface area contributed by atoms with Crippen LogP contribution in [0.5, 0.6) is 0 Å². The van der Waals surface area contributed by atoms with E-state index in [-0.39, 0.29) is 17.6 Å². The average Bonchev–Trinajstić information content (AvgIpc) is 2.72. The Kier molecular flexibility index (Phi) is 9.19. The van der Waals surface area contributed by atoms with Gasteiger partial charge in [0.15, 0.2) is 0 Å². The molecule has 0 saturated heterocycles. The van der Waals surface area contributed by atoms with Gasteiger partial charge in [0.25, 0.3) is 5.91 Å². The van der Waals surface area contributed by atoms with Gasteiger partial charge < -0.3 is 10.2 Å². The Morgan fingerprint density at radius 1 is 0.964 bits per heavy atom. The minimum absolute atomic E-state index is 0.0642. The summed E-state index contributed by atoms with van der Waals surface area (Å²) in [7, 11) is 0. The van der Waals surface area contributed by atoms with Crippen molar-refractivity contribution < 1.29 is 14.0 Å². The minimum atomic E-state index is -0.276. The van der Waals surface area contributed by atoms with Gasteiger partial charge in [-0.25, -0.2) is 4.39 Å². The molecule has 0 fully saturated rings. The average molecular weight is 384 g/mol. The number of rotatable bonds is 11. The fraction of sp³-hybridized carbons (Fsp3) is 0.391. The van der Waals surface area contributed by atoms with Gasteiger partial charge in [-0.3, -0.25) is 9.59 Å². The van der Waals surface area contributed by atoms with Crippen molar-refractivity contribution in [3.63, 3.8) is 0 Å². The van der Waals surface area contributed by atoms with Crippen molar-refractivity contribution in [3.8, 4) is 0 Å². The van der Waals surface area contributed by atoms with E-state index in [9.17, 15) is 14.0 Å². The Morgan fingerprint density at radius 3 is 2.36 bits per heavy atom. The number of hydrogen-bond donors (Lipinski definition) is 1. The lowest BCUT2D eigenvalue weighted by molar-refractivity contribution is -0.132. The molecule has 0 aliphatic rings. The van der Waals surface area contributed by atoms with Gasteiger partial charge in [0, 0.05) is 31.6 Å². The van der Waals surface area contributed by atoms with E-state index in [0.717, 1.165) is 24.8 Å². The highest BCUT2D eigenvalue weighted by Crippen LogP contribution is 2.11. The van der Waals surface area contributed by atoms with Crippen molar-refractivity contribution in [2.75, 3.05) is 13.1 Å². The van der Waals surface area contributed by atoms with Crippen molar-refractivity contribution in [2.45, 2.75) is 45.6 Å². The molecule has 0 saturated carbocycles. The van der Waals surface area contributed by atoms with Gasteiger partial charge in [0.1, 0.15) is 5.82 Å². The zero-order valence-electron chi connectivity index (χ0n) is 16.5. The van der Waals surface area contributed by atoms with Gasteiger partial charge in [-0.1, -0.05) is 50.1 Å². The molecule has 2 rings (SSSR count). The highest BCUT2D eigenvalue weighted by molar-refractivity contribution is 5.94. The molecule has 0 aliphatic heterocycles. The van der Waals surface area contributed by atoms with Crippen LogP contribution in [0.25, 0.3) is 0 Å². The molecule has 0 radical (unpaired) electrons. The quantitative estimate of drug-likeness (QED) is 0.578. The van der Waals surface area contributed by atoms with Crippen LogP contribution in [0.15, 0.2) is 54.6 Å². The molecule has 0 aliphatic carbocycles. The lowest BCUT2D eigenvalue weighted by Crippen LogP contribution is -2.32. The molecule has 1 N–H and O–H groups in total. The summed E-state index contributed by atoms with van der Waals surface area (Å²) in [6, 6.07) is 15.3. The Labute approximate surface area is 166 Å².